The highest BCUT2D eigenvalue weighted by molar-refractivity contribution is 5.94. The van der Waals surface area contributed by atoms with E-state index in [1.807, 2.05) is 6.07 Å². The molecule has 0 fully saturated rings. The number of hydrogen-bond acceptors (Lipinski definition) is 4. The summed E-state index contributed by atoms with van der Waals surface area (Å²) >= 11 is 0. The summed E-state index contributed by atoms with van der Waals surface area (Å²) in [6.07, 6.45) is 3.38. The first kappa shape index (κ1) is 12.4. The Labute approximate surface area is 104 Å². The average molecular weight is 246 g/mol. The maximum atomic E-state index is 11.9. The molecule has 1 aliphatic rings. The van der Waals surface area contributed by atoms with Crippen LogP contribution in [0.5, 0.6) is 0 Å². The number of aromatic amines is 1. The van der Waals surface area contributed by atoms with E-state index in [-0.39, 0.29) is 17.7 Å². The van der Waals surface area contributed by atoms with Gasteiger partial charge in [-0.25, -0.2) is 4.79 Å². The van der Waals surface area contributed by atoms with E-state index in [9.17, 15) is 9.59 Å². The van der Waals surface area contributed by atoms with Crippen molar-refractivity contribution in [2.24, 2.45) is 0 Å². The van der Waals surface area contributed by atoms with E-state index < -0.39 is 11.5 Å². The van der Waals surface area contributed by atoms with E-state index in [0.717, 1.165) is 30.5 Å². The number of aryl methyl sites for hydroxylation is 1. The van der Waals surface area contributed by atoms with Gasteiger partial charge in [0.2, 0.25) is 0 Å². The van der Waals surface area contributed by atoms with Gasteiger partial charge in [0.05, 0.1) is 12.2 Å². The largest absolute Gasteiger partial charge is 0.462 e. The van der Waals surface area contributed by atoms with Gasteiger partial charge < -0.3 is 9.72 Å². The number of fused-ring (bicyclic) bond motifs is 1. The van der Waals surface area contributed by atoms with Crippen LogP contribution in [0.2, 0.25) is 0 Å². The minimum absolute atomic E-state index is 0.130. The second kappa shape index (κ2) is 5.05. The molecule has 94 valence electrons. The smallest absolute Gasteiger partial charge is 0.340 e. The van der Waals surface area contributed by atoms with Crippen LogP contribution < -0.4 is 5.56 Å². The minimum atomic E-state index is -0.571. The molecule has 1 aliphatic carbocycles. The van der Waals surface area contributed by atoms with E-state index in [1.54, 1.807) is 6.92 Å². The topological polar surface area (TPSA) is 83.0 Å². The van der Waals surface area contributed by atoms with Crippen molar-refractivity contribution in [3.8, 4) is 6.07 Å². The molecule has 18 heavy (non-hydrogen) atoms. The molecule has 1 N–H and O–H groups in total. The second-order valence-corrected chi connectivity index (χ2v) is 4.20. The number of carbonyl (C=O) groups is 1. The summed E-state index contributed by atoms with van der Waals surface area (Å²) in [5.74, 6) is -0.571. The molecular weight excluding hydrogens is 232 g/mol. The van der Waals surface area contributed by atoms with E-state index >= 15 is 0 Å². The summed E-state index contributed by atoms with van der Waals surface area (Å²) in [5, 5.41) is 9.04. The van der Waals surface area contributed by atoms with Crippen LogP contribution in [0.1, 0.15) is 46.9 Å². The highest BCUT2D eigenvalue weighted by Crippen LogP contribution is 2.24. The first-order valence-electron chi connectivity index (χ1n) is 6.04. The molecule has 1 aromatic rings. The lowest BCUT2D eigenvalue weighted by molar-refractivity contribution is 0.0524. The van der Waals surface area contributed by atoms with Crippen molar-refractivity contribution in [2.75, 3.05) is 6.61 Å². The van der Waals surface area contributed by atoms with Crippen LogP contribution in [0.25, 0.3) is 0 Å². The lowest BCUT2D eigenvalue weighted by Gasteiger charge is -2.18. The van der Waals surface area contributed by atoms with Crippen LogP contribution in [0.3, 0.4) is 0 Å². The number of aromatic nitrogens is 1. The summed E-state index contributed by atoms with van der Waals surface area (Å²) in [4.78, 5) is 26.4. The maximum Gasteiger partial charge on any atom is 0.340 e. The highest BCUT2D eigenvalue weighted by Gasteiger charge is 2.25. The quantitative estimate of drug-likeness (QED) is 0.797. The number of nitrogens with one attached hydrogen (secondary N) is 1. The Hall–Kier alpha value is -2.09. The fourth-order valence-electron chi connectivity index (χ4n) is 2.32. The van der Waals surface area contributed by atoms with Gasteiger partial charge in [0.25, 0.3) is 5.56 Å². The molecule has 5 heteroatoms. The summed E-state index contributed by atoms with van der Waals surface area (Å²) in [6, 6.07) is 1.81. The normalized spacial score (nSPS) is 13.6. The average Bonchev–Trinajstić information content (AvgIpc) is 2.37. The Morgan fingerprint density at radius 1 is 1.44 bits per heavy atom. The van der Waals surface area contributed by atoms with Crippen LogP contribution in [-0.2, 0) is 17.6 Å². The monoisotopic (exact) mass is 246 g/mol. The molecule has 5 nitrogen and oxygen atoms in total. The molecule has 0 aromatic carbocycles. The van der Waals surface area contributed by atoms with Gasteiger partial charge >= 0.3 is 5.97 Å². The Morgan fingerprint density at radius 2 is 2.17 bits per heavy atom. The molecule has 0 bridgehead atoms. The van der Waals surface area contributed by atoms with Gasteiger partial charge in [-0.3, -0.25) is 4.79 Å². The van der Waals surface area contributed by atoms with Crippen molar-refractivity contribution in [3.63, 3.8) is 0 Å². The third-order valence-electron chi connectivity index (χ3n) is 3.10. The molecule has 0 amide bonds. The van der Waals surface area contributed by atoms with Crippen molar-refractivity contribution in [1.29, 1.82) is 5.26 Å². The molecule has 0 saturated carbocycles. The van der Waals surface area contributed by atoms with Crippen LogP contribution in [-0.4, -0.2) is 17.6 Å². The summed E-state index contributed by atoms with van der Waals surface area (Å²) in [7, 11) is 0. The van der Waals surface area contributed by atoms with Crippen molar-refractivity contribution >= 4 is 5.97 Å². The lowest BCUT2D eigenvalue weighted by Crippen LogP contribution is -2.25. The SMILES string of the molecule is CCOC(=O)c1c2c([nH]c(=O)c1C#N)CCCC2. The number of ether oxygens (including phenoxy) is 1. The molecule has 0 atom stereocenters. The maximum absolute atomic E-state index is 11.9. The van der Waals surface area contributed by atoms with Gasteiger partial charge in [0.1, 0.15) is 11.6 Å². The zero-order valence-corrected chi connectivity index (χ0v) is 10.2. The minimum Gasteiger partial charge on any atom is -0.462 e. The van der Waals surface area contributed by atoms with Gasteiger partial charge in [-0.15, -0.1) is 0 Å². The third-order valence-corrected chi connectivity index (χ3v) is 3.10. The van der Waals surface area contributed by atoms with Crippen molar-refractivity contribution in [2.45, 2.75) is 32.6 Å². The number of carbonyl (C=O) groups excluding carboxylic acids is 1. The summed E-state index contributed by atoms with van der Waals surface area (Å²) in [6.45, 7) is 1.93. The molecule has 0 aliphatic heterocycles. The van der Waals surface area contributed by atoms with E-state index in [1.165, 1.54) is 0 Å². The van der Waals surface area contributed by atoms with Crippen LogP contribution in [0.15, 0.2) is 4.79 Å². The standard InChI is InChI=1S/C13H14N2O3/c1-2-18-13(17)11-8-5-3-4-6-10(8)15-12(16)9(11)7-14/h2-6H2,1H3,(H,15,16). The third kappa shape index (κ3) is 2.02. The first-order chi connectivity index (χ1) is 8.69. The molecule has 0 unspecified atom stereocenters. The predicted molar refractivity (Wildman–Crippen MR) is 64.4 cm³/mol. The summed E-state index contributed by atoms with van der Waals surface area (Å²) < 4.78 is 4.95. The second-order valence-electron chi connectivity index (χ2n) is 4.20. The van der Waals surface area contributed by atoms with E-state index in [0.29, 0.717) is 6.42 Å². The molecule has 2 rings (SSSR count). The van der Waals surface area contributed by atoms with Gasteiger partial charge in [-0.05, 0) is 38.2 Å². The first-order valence-corrected chi connectivity index (χ1v) is 6.04. The Bertz CT molecular complexity index is 581. The molecular formula is C13H14N2O3. The van der Waals surface area contributed by atoms with E-state index in [2.05, 4.69) is 4.98 Å². The number of hydrogen-bond donors (Lipinski definition) is 1. The molecule has 1 heterocycles. The van der Waals surface area contributed by atoms with Crippen molar-refractivity contribution < 1.29 is 9.53 Å². The van der Waals surface area contributed by atoms with Gasteiger partial charge in [-0.2, -0.15) is 5.26 Å². The molecule has 0 radical (unpaired) electrons. The Morgan fingerprint density at radius 3 is 2.83 bits per heavy atom. The van der Waals surface area contributed by atoms with Crippen molar-refractivity contribution in [1.82, 2.24) is 4.98 Å². The van der Waals surface area contributed by atoms with Gasteiger partial charge in [0.15, 0.2) is 0 Å². The highest BCUT2D eigenvalue weighted by atomic mass is 16.5. The van der Waals surface area contributed by atoms with E-state index in [4.69, 9.17) is 10.00 Å². The predicted octanol–water partition coefficient (Wildman–Crippen LogP) is 1.30. The number of nitrogens with zero attached hydrogens (tertiary/aromatic N) is 1. The number of H-pyrrole nitrogens is 1. The van der Waals surface area contributed by atoms with Crippen LogP contribution in [0.4, 0.5) is 0 Å². The van der Waals surface area contributed by atoms with Crippen LogP contribution in [0, 0.1) is 11.3 Å². The van der Waals surface area contributed by atoms with Crippen molar-refractivity contribution in [3.05, 3.63) is 32.7 Å². The number of pyridine rings is 1. The number of esters is 1. The number of nitriles is 1. The fraction of sp³-hybridized carbons (Fsp3) is 0.462. The van der Waals surface area contributed by atoms with Gasteiger partial charge in [-0.1, -0.05) is 0 Å². The Balaban J connectivity index is 2.67. The molecule has 1 aromatic heterocycles. The Kier molecular flexibility index (Phi) is 3.47. The molecule has 0 spiro atoms. The number of rotatable bonds is 2. The summed E-state index contributed by atoms with van der Waals surface area (Å²) in [5.41, 5.74) is 1.08. The van der Waals surface area contributed by atoms with Gasteiger partial charge in [0, 0.05) is 5.69 Å². The fourth-order valence-corrected chi connectivity index (χ4v) is 2.32. The van der Waals surface area contributed by atoms with Crippen LogP contribution >= 0.6 is 0 Å². The zero-order chi connectivity index (χ0) is 13.1. The lowest BCUT2D eigenvalue weighted by atomic mass is 9.90. The zero-order valence-electron chi connectivity index (χ0n) is 10.2. The molecule has 0 saturated heterocycles.